The number of hydrogen-bond acceptors (Lipinski definition) is 4. The van der Waals surface area contributed by atoms with Crippen molar-refractivity contribution >= 4 is 23.1 Å². The summed E-state index contributed by atoms with van der Waals surface area (Å²) in [5, 5.41) is 12.7. The van der Waals surface area contributed by atoms with Crippen molar-refractivity contribution in [2.24, 2.45) is 0 Å². The molecule has 27 heavy (non-hydrogen) atoms. The fourth-order valence-electron chi connectivity index (χ4n) is 2.86. The number of nitrogens with zero attached hydrogens (tertiary/aromatic N) is 2. The molecule has 0 aliphatic heterocycles. The molecule has 4 aromatic rings. The average molecular weight is 385 g/mol. The van der Waals surface area contributed by atoms with Crippen LogP contribution in [0.2, 0.25) is 0 Å². The Hall–Kier alpha value is -2.87. The standard InChI is InChI=1S/C23H16N2S2/c24-15-20-19(18-10-5-2-6-11-18)14-21(22-12-7-13-26-22)25-23(20)27-16-17-8-3-1-4-9-17/h1-14H,16H2. The van der Waals surface area contributed by atoms with Crippen LogP contribution in [-0.4, -0.2) is 4.98 Å². The maximum absolute atomic E-state index is 9.88. The van der Waals surface area contributed by atoms with Crippen molar-refractivity contribution in [3.63, 3.8) is 0 Å². The molecule has 0 atom stereocenters. The molecule has 0 aliphatic carbocycles. The van der Waals surface area contributed by atoms with Gasteiger partial charge >= 0.3 is 0 Å². The van der Waals surface area contributed by atoms with Crippen molar-refractivity contribution in [2.45, 2.75) is 10.8 Å². The third kappa shape index (κ3) is 3.95. The minimum absolute atomic E-state index is 0.641. The molecule has 0 unspecified atom stereocenters. The minimum atomic E-state index is 0.641. The number of benzene rings is 2. The summed E-state index contributed by atoms with van der Waals surface area (Å²) in [6.07, 6.45) is 0. The van der Waals surface area contributed by atoms with Gasteiger partial charge in [-0.3, -0.25) is 0 Å². The molecule has 2 aromatic carbocycles. The second-order valence-electron chi connectivity index (χ2n) is 5.96. The second-order valence-corrected chi connectivity index (χ2v) is 7.88. The van der Waals surface area contributed by atoms with Crippen LogP contribution in [0.25, 0.3) is 21.7 Å². The van der Waals surface area contributed by atoms with E-state index in [1.165, 1.54) is 5.56 Å². The summed E-state index contributed by atoms with van der Waals surface area (Å²) in [6, 6.07) is 28.9. The molecule has 2 aromatic heterocycles. The summed E-state index contributed by atoms with van der Waals surface area (Å²) in [5.74, 6) is 0.782. The monoisotopic (exact) mass is 384 g/mol. The normalized spacial score (nSPS) is 10.5. The average Bonchev–Trinajstić information content (AvgIpc) is 3.28. The largest absolute Gasteiger partial charge is 0.239 e. The van der Waals surface area contributed by atoms with Crippen molar-refractivity contribution in [1.82, 2.24) is 4.98 Å². The highest BCUT2D eigenvalue weighted by Gasteiger charge is 2.16. The molecule has 0 N–H and O–H groups in total. The fraction of sp³-hybridized carbons (Fsp3) is 0.0435. The van der Waals surface area contributed by atoms with Crippen LogP contribution in [0.1, 0.15) is 11.1 Å². The number of hydrogen-bond donors (Lipinski definition) is 0. The lowest BCUT2D eigenvalue weighted by atomic mass is 10.0. The van der Waals surface area contributed by atoms with Crippen LogP contribution >= 0.6 is 23.1 Å². The predicted molar refractivity (Wildman–Crippen MR) is 114 cm³/mol. The van der Waals surface area contributed by atoms with E-state index in [9.17, 15) is 5.26 Å². The highest BCUT2D eigenvalue weighted by molar-refractivity contribution is 7.98. The maximum atomic E-state index is 9.88. The maximum Gasteiger partial charge on any atom is 0.116 e. The van der Waals surface area contributed by atoms with E-state index in [4.69, 9.17) is 4.98 Å². The Morgan fingerprint density at radius 1 is 0.926 bits per heavy atom. The number of thioether (sulfide) groups is 1. The third-order valence-corrected chi connectivity index (χ3v) is 6.11. The van der Waals surface area contributed by atoms with Gasteiger partial charge in [-0.15, -0.1) is 23.1 Å². The van der Waals surface area contributed by atoms with Crippen molar-refractivity contribution in [1.29, 1.82) is 5.26 Å². The van der Waals surface area contributed by atoms with E-state index in [2.05, 4.69) is 24.3 Å². The van der Waals surface area contributed by atoms with Crippen LogP contribution in [0, 0.1) is 11.3 Å². The van der Waals surface area contributed by atoms with Crippen molar-refractivity contribution < 1.29 is 0 Å². The molecular formula is C23H16N2S2. The lowest BCUT2D eigenvalue weighted by molar-refractivity contribution is 1.12. The van der Waals surface area contributed by atoms with Crippen LogP contribution in [-0.2, 0) is 5.75 Å². The van der Waals surface area contributed by atoms with Gasteiger partial charge in [-0.1, -0.05) is 66.7 Å². The van der Waals surface area contributed by atoms with E-state index < -0.39 is 0 Å². The van der Waals surface area contributed by atoms with E-state index in [0.29, 0.717) is 5.56 Å². The molecule has 4 rings (SSSR count). The predicted octanol–water partition coefficient (Wildman–Crippen LogP) is 6.64. The van der Waals surface area contributed by atoms with Gasteiger partial charge in [-0.2, -0.15) is 5.26 Å². The number of nitriles is 1. The van der Waals surface area contributed by atoms with Crippen LogP contribution in [0.3, 0.4) is 0 Å². The molecule has 2 heterocycles. The number of rotatable bonds is 5. The van der Waals surface area contributed by atoms with Crippen LogP contribution in [0.4, 0.5) is 0 Å². The molecule has 0 amide bonds. The molecule has 0 radical (unpaired) electrons. The summed E-state index contributed by atoms with van der Waals surface area (Å²) in [7, 11) is 0. The number of pyridine rings is 1. The molecule has 0 aliphatic rings. The first-order valence-electron chi connectivity index (χ1n) is 8.56. The first kappa shape index (κ1) is 17.5. The highest BCUT2D eigenvalue weighted by atomic mass is 32.2. The molecule has 0 spiro atoms. The van der Waals surface area contributed by atoms with Crippen LogP contribution in [0.15, 0.2) is 89.3 Å². The summed E-state index contributed by atoms with van der Waals surface area (Å²) in [5.41, 5.74) is 4.75. The van der Waals surface area contributed by atoms with Crippen molar-refractivity contribution in [3.8, 4) is 27.8 Å². The molecule has 0 bridgehead atoms. The molecule has 0 saturated heterocycles. The first-order chi connectivity index (χ1) is 13.3. The van der Waals surface area contributed by atoms with E-state index in [-0.39, 0.29) is 0 Å². The van der Waals surface area contributed by atoms with Gasteiger partial charge in [-0.25, -0.2) is 4.98 Å². The quantitative estimate of drug-likeness (QED) is 0.362. The van der Waals surface area contributed by atoms with Gasteiger partial charge in [0.15, 0.2) is 0 Å². The van der Waals surface area contributed by atoms with E-state index in [0.717, 1.165) is 32.5 Å². The van der Waals surface area contributed by atoms with Gasteiger partial charge in [0, 0.05) is 11.3 Å². The van der Waals surface area contributed by atoms with Crippen molar-refractivity contribution in [3.05, 3.63) is 95.4 Å². The van der Waals surface area contributed by atoms with E-state index in [1.807, 2.05) is 66.0 Å². The highest BCUT2D eigenvalue weighted by Crippen LogP contribution is 2.36. The van der Waals surface area contributed by atoms with E-state index >= 15 is 0 Å². The Bertz CT molecular complexity index is 1070. The summed E-state index contributed by atoms with van der Waals surface area (Å²) < 4.78 is 0. The molecule has 4 heteroatoms. The second kappa shape index (κ2) is 8.22. The molecule has 0 fully saturated rings. The molecular weight excluding hydrogens is 368 g/mol. The summed E-state index contributed by atoms with van der Waals surface area (Å²) in [6.45, 7) is 0. The zero-order chi connectivity index (χ0) is 18.5. The summed E-state index contributed by atoms with van der Waals surface area (Å²) >= 11 is 3.28. The van der Waals surface area contributed by atoms with E-state index in [1.54, 1.807) is 23.1 Å². The minimum Gasteiger partial charge on any atom is -0.239 e. The molecule has 2 nitrogen and oxygen atoms in total. The first-order valence-corrected chi connectivity index (χ1v) is 10.4. The van der Waals surface area contributed by atoms with Crippen molar-refractivity contribution in [2.75, 3.05) is 0 Å². The lowest BCUT2D eigenvalue weighted by Crippen LogP contribution is -1.95. The lowest BCUT2D eigenvalue weighted by Gasteiger charge is -2.12. The van der Waals surface area contributed by atoms with Crippen LogP contribution in [0.5, 0.6) is 0 Å². The Kier molecular flexibility index (Phi) is 5.34. The van der Waals surface area contributed by atoms with Gasteiger partial charge in [0.25, 0.3) is 0 Å². The molecule has 0 saturated carbocycles. The van der Waals surface area contributed by atoms with Gasteiger partial charge in [0.2, 0.25) is 0 Å². The Morgan fingerprint density at radius 3 is 2.33 bits per heavy atom. The number of aromatic nitrogens is 1. The zero-order valence-corrected chi connectivity index (χ0v) is 16.1. The molecule has 130 valence electrons. The SMILES string of the molecule is N#Cc1c(-c2ccccc2)cc(-c2cccs2)nc1SCc1ccccc1. The van der Waals surface area contributed by atoms with Gasteiger partial charge in [-0.05, 0) is 28.6 Å². The summed E-state index contributed by atoms with van der Waals surface area (Å²) in [4.78, 5) is 5.95. The fourth-order valence-corrected chi connectivity index (χ4v) is 4.50. The zero-order valence-electron chi connectivity index (χ0n) is 14.5. The smallest absolute Gasteiger partial charge is 0.116 e. The van der Waals surface area contributed by atoms with Gasteiger partial charge < -0.3 is 0 Å². The third-order valence-electron chi connectivity index (χ3n) is 4.17. The Morgan fingerprint density at radius 2 is 1.67 bits per heavy atom. The Labute approximate surface area is 167 Å². The van der Waals surface area contributed by atoms with Gasteiger partial charge in [0.05, 0.1) is 16.1 Å². The van der Waals surface area contributed by atoms with Gasteiger partial charge in [0.1, 0.15) is 11.1 Å². The Balaban J connectivity index is 1.81. The number of thiophene rings is 1. The topological polar surface area (TPSA) is 36.7 Å². The van der Waals surface area contributed by atoms with Crippen LogP contribution < -0.4 is 0 Å².